The van der Waals surface area contributed by atoms with Crippen LogP contribution in [0.2, 0.25) is 0 Å². The molecule has 0 heterocycles. The molecule has 0 fully saturated rings. The molecule has 3 aromatic rings. The third-order valence-electron chi connectivity index (χ3n) is 5.85. The molecule has 0 aliphatic rings. The van der Waals surface area contributed by atoms with E-state index < -0.39 is 5.41 Å². The molecule has 0 bridgehead atoms. The van der Waals surface area contributed by atoms with Gasteiger partial charge in [-0.05, 0) is 81.1 Å². The molecule has 3 heteroatoms. The average molecular weight is 429 g/mol. The zero-order chi connectivity index (χ0) is 23.0. The Balaban J connectivity index is 1.71. The van der Waals surface area contributed by atoms with Crippen molar-refractivity contribution in [3.63, 3.8) is 0 Å². The number of carbonyl (C=O) groups is 1. The molecular formula is C29H32O3. The predicted molar refractivity (Wildman–Crippen MR) is 131 cm³/mol. The Morgan fingerprint density at radius 2 is 1.62 bits per heavy atom. The van der Waals surface area contributed by atoms with E-state index in [1.165, 1.54) is 0 Å². The van der Waals surface area contributed by atoms with Gasteiger partial charge in [0.2, 0.25) is 0 Å². The van der Waals surface area contributed by atoms with Crippen molar-refractivity contribution in [2.24, 2.45) is 0 Å². The lowest BCUT2D eigenvalue weighted by Gasteiger charge is -2.26. The number of para-hydroxylation sites is 1. The van der Waals surface area contributed by atoms with Gasteiger partial charge in [-0.1, -0.05) is 61.5 Å². The third kappa shape index (κ3) is 6.10. The Morgan fingerprint density at radius 1 is 0.938 bits per heavy atom. The summed E-state index contributed by atoms with van der Waals surface area (Å²) in [4.78, 5) is 12.6. The highest BCUT2D eigenvalue weighted by Gasteiger charge is 2.30. The largest absolute Gasteiger partial charge is 0.491 e. The molecule has 2 atom stereocenters. The Morgan fingerprint density at radius 3 is 2.28 bits per heavy atom. The van der Waals surface area contributed by atoms with E-state index in [2.05, 4.69) is 19.9 Å². The maximum absolute atomic E-state index is 12.6. The molecule has 0 aliphatic carbocycles. The van der Waals surface area contributed by atoms with Gasteiger partial charge in [-0.3, -0.25) is 4.79 Å². The molecule has 0 saturated heterocycles. The summed E-state index contributed by atoms with van der Waals surface area (Å²) < 4.78 is 11.8. The first kappa shape index (κ1) is 23.3. The number of hydrogen-bond acceptors (Lipinski definition) is 3. The molecule has 0 aromatic heterocycles. The van der Waals surface area contributed by atoms with Crippen LogP contribution < -0.4 is 9.47 Å². The summed E-state index contributed by atoms with van der Waals surface area (Å²) in [7, 11) is 0. The lowest BCUT2D eigenvalue weighted by molar-refractivity contribution is -0.121. The van der Waals surface area contributed by atoms with Gasteiger partial charge in [-0.15, -0.1) is 0 Å². The Bertz CT molecular complexity index is 1040. The maximum Gasteiger partial charge on any atom is 0.140 e. The topological polar surface area (TPSA) is 35.5 Å². The second-order valence-electron chi connectivity index (χ2n) is 8.34. The van der Waals surface area contributed by atoms with Crippen molar-refractivity contribution in [1.82, 2.24) is 0 Å². The molecule has 3 nitrogen and oxygen atoms in total. The molecule has 0 N–H and O–H groups in total. The fourth-order valence-electron chi connectivity index (χ4n) is 3.42. The highest BCUT2D eigenvalue weighted by molar-refractivity contribution is 5.88. The molecule has 0 amide bonds. The van der Waals surface area contributed by atoms with Crippen LogP contribution in [0.5, 0.6) is 17.2 Å². The minimum atomic E-state index is -0.594. The standard InChI is InChI=1S/C29H32O3/c1-5-22(2)31-27-18-16-25(17-19-27)29(4,23(3)30)20-10-12-24-11-9-15-28(21-24)32-26-13-7-6-8-14-26/h6-19,21-22H,5,20H2,1-4H3. The zero-order valence-electron chi connectivity index (χ0n) is 19.4. The van der Waals surface area contributed by atoms with Crippen molar-refractivity contribution in [2.75, 3.05) is 0 Å². The summed E-state index contributed by atoms with van der Waals surface area (Å²) in [5, 5.41) is 0. The van der Waals surface area contributed by atoms with E-state index in [9.17, 15) is 4.79 Å². The summed E-state index contributed by atoms with van der Waals surface area (Å²) in [6, 6.07) is 25.6. The summed E-state index contributed by atoms with van der Waals surface area (Å²) >= 11 is 0. The molecule has 32 heavy (non-hydrogen) atoms. The maximum atomic E-state index is 12.6. The fraction of sp³-hybridized carbons (Fsp3) is 0.276. The van der Waals surface area contributed by atoms with Crippen LogP contribution >= 0.6 is 0 Å². The van der Waals surface area contributed by atoms with E-state index in [0.29, 0.717) is 6.42 Å². The van der Waals surface area contributed by atoms with Crippen LogP contribution in [0.4, 0.5) is 0 Å². The third-order valence-corrected chi connectivity index (χ3v) is 5.85. The molecular weight excluding hydrogens is 396 g/mol. The molecule has 0 radical (unpaired) electrons. The molecule has 0 spiro atoms. The molecule has 0 aliphatic heterocycles. The van der Waals surface area contributed by atoms with E-state index in [1.54, 1.807) is 6.92 Å². The normalized spacial score (nSPS) is 14.0. The van der Waals surface area contributed by atoms with Crippen molar-refractivity contribution in [3.05, 3.63) is 96.1 Å². The van der Waals surface area contributed by atoms with Gasteiger partial charge in [-0.2, -0.15) is 0 Å². The lowest BCUT2D eigenvalue weighted by Crippen LogP contribution is -2.29. The van der Waals surface area contributed by atoms with Crippen LogP contribution in [-0.2, 0) is 10.2 Å². The van der Waals surface area contributed by atoms with Gasteiger partial charge in [0.05, 0.1) is 11.5 Å². The van der Waals surface area contributed by atoms with E-state index >= 15 is 0 Å². The summed E-state index contributed by atoms with van der Waals surface area (Å²) in [6.45, 7) is 7.81. The minimum Gasteiger partial charge on any atom is -0.491 e. The molecule has 0 saturated carbocycles. The van der Waals surface area contributed by atoms with E-state index in [1.807, 2.05) is 91.9 Å². The first-order chi connectivity index (χ1) is 15.4. The van der Waals surface area contributed by atoms with Crippen molar-refractivity contribution in [3.8, 4) is 17.2 Å². The highest BCUT2D eigenvalue weighted by Crippen LogP contribution is 2.31. The van der Waals surface area contributed by atoms with Crippen LogP contribution in [0.15, 0.2) is 84.9 Å². The number of benzene rings is 3. The smallest absolute Gasteiger partial charge is 0.140 e. The van der Waals surface area contributed by atoms with Crippen LogP contribution in [0, 0.1) is 0 Å². The average Bonchev–Trinajstić information content (AvgIpc) is 2.80. The molecule has 3 rings (SSSR count). The van der Waals surface area contributed by atoms with Crippen molar-refractivity contribution in [1.29, 1.82) is 0 Å². The van der Waals surface area contributed by atoms with Gasteiger partial charge in [-0.25, -0.2) is 0 Å². The number of ketones is 1. The first-order valence-electron chi connectivity index (χ1n) is 11.2. The second kappa shape index (κ2) is 10.8. The van der Waals surface area contributed by atoms with Gasteiger partial charge < -0.3 is 9.47 Å². The number of carbonyl (C=O) groups excluding carboxylic acids is 1. The highest BCUT2D eigenvalue weighted by atomic mass is 16.5. The van der Waals surface area contributed by atoms with E-state index in [0.717, 1.165) is 34.8 Å². The van der Waals surface area contributed by atoms with Gasteiger partial charge >= 0.3 is 0 Å². The van der Waals surface area contributed by atoms with Crippen LogP contribution in [0.3, 0.4) is 0 Å². The Hall–Kier alpha value is -3.33. The fourth-order valence-corrected chi connectivity index (χ4v) is 3.42. The zero-order valence-corrected chi connectivity index (χ0v) is 19.4. The SMILES string of the molecule is CCC(C)Oc1ccc(C(C)(CC=Cc2cccc(Oc3ccccc3)c2)C(C)=O)cc1. The number of hydrogen-bond donors (Lipinski definition) is 0. The predicted octanol–water partition coefficient (Wildman–Crippen LogP) is 7.61. The number of allylic oxidation sites excluding steroid dienone is 1. The quantitative estimate of drug-likeness (QED) is 0.333. The van der Waals surface area contributed by atoms with Gasteiger partial charge in [0.15, 0.2) is 0 Å². The van der Waals surface area contributed by atoms with Gasteiger partial charge in [0.25, 0.3) is 0 Å². The summed E-state index contributed by atoms with van der Waals surface area (Å²) in [5.41, 5.74) is 1.43. The van der Waals surface area contributed by atoms with Crippen molar-refractivity contribution >= 4 is 11.9 Å². The number of rotatable bonds is 10. The minimum absolute atomic E-state index is 0.138. The van der Waals surface area contributed by atoms with Gasteiger partial charge in [0.1, 0.15) is 23.0 Å². The van der Waals surface area contributed by atoms with Crippen LogP contribution in [-0.4, -0.2) is 11.9 Å². The van der Waals surface area contributed by atoms with E-state index in [-0.39, 0.29) is 11.9 Å². The van der Waals surface area contributed by atoms with Crippen LogP contribution in [0.1, 0.15) is 51.7 Å². The Labute approximate surface area is 191 Å². The monoisotopic (exact) mass is 428 g/mol. The van der Waals surface area contributed by atoms with Gasteiger partial charge in [0, 0.05) is 0 Å². The number of ether oxygens (including phenoxy) is 2. The van der Waals surface area contributed by atoms with Crippen LogP contribution in [0.25, 0.3) is 6.08 Å². The Kier molecular flexibility index (Phi) is 7.88. The lowest BCUT2D eigenvalue weighted by atomic mass is 9.76. The molecule has 166 valence electrons. The second-order valence-corrected chi connectivity index (χ2v) is 8.34. The van der Waals surface area contributed by atoms with Crippen molar-refractivity contribution < 1.29 is 14.3 Å². The summed E-state index contributed by atoms with van der Waals surface area (Å²) in [6.07, 6.45) is 5.84. The van der Waals surface area contributed by atoms with Crippen molar-refractivity contribution in [2.45, 2.75) is 52.1 Å². The number of Topliss-reactive ketones (excluding diaryl/α,β-unsaturated/α-hetero) is 1. The summed E-state index contributed by atoms with van der Waals surface area (Å²) in [5.74, 6) is 2.56. The first-order valence-corrected chi connectivity index (χ1v) is 11.2. The molecule has 3 aromatic carbocycles. The molecule has 2 unspecified atom stereocenters. The van der Waals surface area contributed by atoms with E-state index in [4.69, 9.17) is 9.47 Å².